The molecule has 4 N–H and O–H groups in total. The molecular weight excluding hydrogens is 370 g/mol. The van der Waals surface area contributed by atoms with Crippen molar-refractivity contribution in [2.45, 2.75) is 38.2 Å². The largest absolute Gasteiger partial charge is 0.481 e. The van der Waals surface area contributed by atoms with Crippen molar-refractivity contribution in [1.29, 1.82) is 0 Å². The summed E-state index contributed by atoms with van der Waals surface area (Å²) in [4.78, 5) is 26.2. The second-order valence-electron chi connectivity index (χ2n) is 7.41. The summed E-state index contributed by atoms with van der Waals surface area (Å²) < 4.78 is 0. The molecule has 1 amide bonds. The van der Waals surface area contributed by atoms with E-state index in [9.17, 15) is 14.7 Å². The number of carbonyl (C=O) groups is 2. The van der Waals surface area contributed by atoms with Crippen LogP contribution >= 0.6 is 11.6 Å². The zero-order valence-corrected chi connectivity index (χ0v) is 15.7. The smallest absolute Gasteiger partial charge is 0.451 e. The number of fused-ring (bicyclic) bond motifs is 1. The second-order valence-corrected chi connectivity index (χ2v) is 7.85. The van der Waals surface area contributed by atoms with Crippen LogP contribution < -0.4 is 5.32 Å². The summed E-state index contributed by atoms with van der Waals surface area (Å²) in [6, 6.07) is 5.28. The van der Waals surface area contributed by atoms with Crippen LogP contribution in [-0.4, -0.2) is 58.2 Å². The van der Waals surface area contributed by atoms with Crippen LogP contribution in [0.15, 0.2) is 18.2 Å². The monoisotopic (exact) mass is 394 g/mol. The molecule has 2 heterocycles. The molecule has 0 aliphatic carbocycles. The number of hydrogen-bond acceptors (Lipinski definition) is 5. The van der Waals surface area contributed by atoms with Crippen molar-refractivity contribution >= 4 is 30.6 Å². The third-order valence-corrected chi connectivity index (χ3v) is 5.77. The fraction of sp³-hybridized carbons (Fsp3) is 0.556. The number of amides is 1. The molecule has 2 aliphatic heterocycles. The van der Waals surface area contributed by atoms with Gasteiger partial charge in [0.15, 0.2) is 0 Å². The normalized spacial score (nSPS) is 24.6. The van der Waals surface area contributed by atoms with Gasteiger partial charge in [-0.15, -0.1) is 0 Å². The number of hydrogen-bond donors (Lipinski definition) is 4. The molecule has 1 aromatic rings. The summed E-state index contributed by atoms with van der Waals surface area (Å²) in [5.41, 5.74) is 2.16. The first-order valence-corrected chi connectivity index (χ1v) is 9.61. The highest BCUT2D eigenvalue weighted by atomic mass is 35.5. The molecule has 146 valence electrons. The maximum atomic E-state index is 12.9. The van der Waals surface area contributed by atoms with Gasteiger partial charge in [-0.2, -0.15) is 0 Å². The maximum absolute atomic E-state index is 12.9. The van der Waals surface area contributed by atoms with Gasteiger partial charge in [0.2, 0.25) is 5.91 Å². The molecule has 1 fully saturated rings. The predicted octanol–water partition coefficient (Wildman–Crippen LogP) is 0.766. The van der Waals surface area contributed by atoms with E-state index in [1.807, 2.05) is 18.2 Å². The van der Waals surface area contributed by atoms with Crippen LogP contribution in [0.1, 0.15) is 24.0 Å². The highest BCUT2D eigenvalue weighted by Crippen LogP contribution is 2.30. The molecule has 1 saturated heterocycles. The Morgan fingerprint density at radius 3 is 2.74 bits per heavy atom. The van der Waals surface area contributed by atoms with E-state index < -0.39 is 19.0 Å². The van der Waals surface area contributed by atoms with E-state index in [0.717, 1.165) is 11.1 Å². The standard InChI is InChI=1S/C18H24BClN2O5/c20-14-4-3-11-7-16(21-8-13(11)6-14)17(23)22-9-12(2-1-5-19(26)27)15(10-22)18(24)25/h3-4,6,12,15-16,21,26-27H,1-2,5,7-10H2,(H,24,25)/t12-,15+,16?/m0/s1. The number of carboxylic acid groups (broad SMARTS) is 1. The van der Waals surface area contributed by atoms with Crippen LogP contribution in [0.25, 0.3) is 0 Å². The molecule has 3 atom stereocenters. The molecule has 27 heavy (non-hydrogen) atoms. The molecule has 0 spiro atoms. The van der Waals surface area contributed by atoms with Gasteiger partial charge in [0.25, 0.3) is 0 Å². The van der Waals surface area contributed by atoms with E-state index in [1.165, 1.54) is 0 Å². The zero-order valence-electron chi connectivity index (χ0n) is 15.0. The molecule has 3 rings (SSSR count). The maximum Gasteiger partial charge on any atom is 0.451 e. The van der Waals surface area contributed by atoms with Crippen LogP contribution in [0.5, 0.6) is 0 Å². The van der Waals surface area contributed by atoms with Crippen molar-refractivity contribution < 1.29 is 24.7 Å². The van der Waals surface area contributed by atoms with E-state index in [-0.39, 0.29) is 30.7 Å². The first kappa shape index (κ1) is 20.1. The van der Waals surface area contributed by atoms with Gasteiger partial charge < -0.3 is 25.4 Å². The lowest BCUT2D eigenvalue weighted by Gasteiger charge is -2.29. The lowest BCUT2D eigenvalue weighted by molar-refractivity contribution is -0.142. The van der Waals surface area contributed by atoms with Crippen LogP contribution in [0.4, 0.5) is 0 Å². The number of carbonyl (C=O) groups excluding carboxylic acids is 1. The lowest BCUT2D eigenvalue weighted by atomic mass is 9.80. The number of benzene rings is 1. The third kappa shape index (κ3) is 4.82. The highest BCUT2D eigenvalue weighted by Gasteiger charge is 2.41. The number of carboxylic acids is 1. The van der Waals surface area contributed by atoms with E-state index in [0.29, 0.717) is 37.4 Å². The van der Waals surface area contributed by atoms with Gasteiger partial charge in [-0.1, -0.05) is 24.1 Å². The topological polar surface area (TPSA) is 110 Å². The fourth-order valence-corrected chi connectivity index (χ4v) is 4.26. The minimum atomic E-state index is -1.38. The Kier molecular flexibility index (Phi) is 6.42. The van der Waals surface area contributed by atoms with E-state index in [2.05, 4.69) is 5.32 Å². The fourth-order valence-electron chi connectivity index (χ4n) is 4.06. The average molecular weight is 395 g/mol. The van der Waals surface area contributed by atoms with Gasteiger partial charge in [0, 0.05) is 24.7 Å². The van der Waals surface area contributed by atoms with Crippen molar-refractivity contribution in [1.82, 2.24) is 10.2 Å². The van der Waals surface area contributed by atoms with E-state index in [1.54, 1.807) is 4.90 Å². The van der Waals surface area contributed by atoms with Gasteiger partial charge in [-0.3, -0.25) is 9.59 Å². The number of rotatable bonds is 6. The van der Waals surface area contributed by atoms with Crippen LogP contribution in [0.2, 0.25) is 11.3 Å². The molecule has 1 aromatic carbocycles. The SMILES string of the molecule is O=C(O)[C@@H]1CN(C(=O)C2Cc3ccc(Cl)cc3CN2)C[C@@H]1CCCB(O)O. The Morgan fingerprint density at radius 2 is 2.04 bits per heavy atom. The zero-order chi connectivity index (χ0) is 19.6. The summed E-state index contributed by atoms with van der Waals surface area (Å²) in [7, 11) is -1.38. The van der Waals surface area contributed by atoms with Crippen molar-refractivity contribution in [3.63, 3.8) is 0 Å². The minimum absolute atomic E-state index is 0.0773. The molecule has 0 saturated carbocycles. The molecular formula is C18H24BClN2O5. The Bertz CT molecular complexity index is 717. The van der Waals surface area contributed by atoms with E-state index >= 15 is 0 Å². The quantitative estimate of drug-likeness (QED) is 0.531. The number of likely N-dealkylation sites (tertiary alicyclic amines) is 1. The molecule has 1 unspecified atom stereocenters. The molecule has 2 aliphatic rings. The molecule has 0 aromatic heterocycles. The summed E-state index contributed by atoms with van der Waals surface area (Å²) in [5.74, 6) is -1.76. The predicted molar refractivity (Wildman–Crippen MR) is 101 cm³/mol. The Morgan fingerprint density at radius 1 is 1.26 bits per heavy atom. The summed E-state index contributed by atoms with van der Waals surface area (Å²) in [6.07, 6.45) is 1.84. The molecule has 9 heteroatoms. The van der Waals surface area contributed by atoms with Gasteiger partial charge in [-0.25, -0.2) is 0 Å². The molecule has 0 bridgehead atoms. The van der Waals surface area contributed by atoms with Crippen molar-refractivity contribution in [2.75, 3.05) is 13.1 Å². The van der Waals surface area contributed by atoms with Gasteiger partial charge >= 0.3 is 13.1 Å². The van der Waals surface area contributed by atoms with Crippen molar-refractivity contribution in [3.8, 4) is 0 Å². The molecule has 7 nitrogen and oxygen atoms in total. The van der Waals surface area contributed by atoms with Crippen molar-refractivity contribution in [3.05, 3.63) is 34.3 Å². The van der Waals surface area contributed by atoms with E-state index in [4.69, 9.17) is 21.6 Å². The van der Waals surface area contributed by atoms with Gasteiger partial charge in [0.1, 0.15) is 0 Å². The number of nitrogens with one attached hydrogen (secondary N) is 1. The van der Waals surface area contributed by atoms with Crippen LogP contribution in [0, 0.1) is 11.8 Å². The average Bonchev–Trinajstić information content (AvgIpc) is 3.04. The van der Waals surface area contributed by atoms with Crippen LogP contribution in [0.3, 0.4) is 0 Å². The summed E-state index contributed by atoms with van der Waals surface area (Å²) in [5, 5.41) is 31.3. The lowest BCUT2D eigenvalue weighted by Crippen LogP contribution is -2.49. The summed E-state index contributed by atoms with van der Waals surface area (Å²) in [6.45, 7) is 1.15. The third-order valence-electron chi connectivity index (χ3n) is 5.54. The van der Waals surface area contributed by atoms with Crippen molar-refractivity contribution in [2.24, 2.45) is 11.8 Å². The Labute approximate surface area is 163 Å². The Balaban J connectivity index is 1.63. The first-order chi connectivity index (χ1) is 12.8. The second kappa shape index (κ2) is 8.60. The number of nitrogens with zero attached hydrogens (tertiary/aromatic N) is 1. The number of aliphatic carboxylic acids is 1. The molecule has 0 radical (unpaired) electrons. The van der Waals surface area contributed by atoms with Crippen LogP contribution in [-0.2, 0) is 22.6 Å². The van der Waals surface area contributed by atoms with Gasteiger partial charge in [-0.05, 0) is 48.3 Å². The first-order valence-electron chi connectivity index (χ1n) is 9.23. The van der Waals surface area contributed by atoms with Gasteiger partial charge in [0.05, 0.1) is 12.0 Å². The Hall–Kier alpha value is -1.61. The number of halogens is 1. The minimum Gasteiger partial charge on any atom is -0.481 e. The summed E-state index contributed by atoms with van der Waals surface area (Å²) >= 11 is 6.01. The highest BCUT2D eigenvalue weighted by molar-refractivity contribution is 6.40.